The number of hydrogen-bond donors (Lipinski definition) is 2. The molecule has 0 fully saturated rings. The summed E-state index contributed by atoms with van der Waals surface area (Å²) in [6, 6.07) is 20.0. The summed E-state index contributed by atoms with van der Waals surface area (Å²) < 4.78 is 2.12. The van der Waals surface area contributed by atoms with Gasteiger partial charge in [-0.1, -0.05) is 60.3 Å². The van der Waals surface area contributed by atoms with Crippen LogP contribution in [0.15, 0.2) is 65.8 Å². The smallest absolute Gasteiger partial charge is 0.232 e. The maximum atomic E-state index is 5.88. The second-order valence-corrected chi connectivity index (χ2v) is 7.46. The molecular weight excluding hydrogens is 396 g/mol. The van der Waals surface area contributed by atoms with Crippen LogP contribution in [0.2, 0.25) is 0 Å². The van der Waals surface area contributed by atoms with Crippen LogP contribution in [-0.4, -0.2) is 29.7 Å². The Morgan fingerprint density at radius 3 is 2.40 bits per heavy atom. The molecule has 2 aromatic carbocycles. The van der Waals surface area contributed by atoms with E-state index >= 15 is 0 Å². The quantitative estimate of drug-likeness (QED) is 0.417. The van der Waals surface area contributed by atoms with Crippen LogP contribution in [0.25, 0.3) is 0 Å². The van der Waals surface area contributed by atoms with Crippen LogP contribution in [0.5, 0.6) is 0 Å². The summed E-state index contributed by atoms with van der Waals surface area (Å²) in [5, 5.41) is 12.7. The molecule has 0 radical (unpaired) electrons. The minimum absolute atomic E-state index is 0.181. The van der Waals surface area contributed by atoms with E-state index in [4.69, 9.17) is 5.73 Å². The SMILES string of the molecule is CCn1c(Cc2ccccc2)nnc1SCc1nc(N)nc(Nc2ccccc2)n1. The van der Waals surface area contributed by atoms with Crippen LogP contribution in [0.1, 0.15) is 24.1 Å². The summed E-state index contributed by atoms with van der Waals surface area (Å²) in [5.74, 6) is 2.64. The molecule has 3 N–H and O–H groups in total. The van der Waals surface area contributed by atoms with Crippen molar-refractivity contribution in [3.8, 4) is 0 Å². The van der Waals surface area contributed by atoms with E-state index in [1.165, 1.54) is 17.3 Å². The zero-order valence-electron chi connectivity index (χ0n) is 16.6. The van der Waals surface area contributed by atoms with Crippen molar-refractivity contribution in [3.05, 3.63) is 77.9 Å². The van der Waals surface area contributed by atoms with Crippen LogP contribution in [-0.2, 0) is 18.7 Å². The van der Waals surface area contributed by atoms with Crippen LogP contribution in [0, 0.1) is 0 Å². The lowest BCUT2D eigenvalue weighted by atomic mass is 10.1. The van der Waals surface area contributed by atoms with Gasteiger partial charge < -0.3 is 15.6 Å². The van der Waals surface area contributed by atoms with Crippen molar-refractivity contribution in [1.29, 1.82) is 0 Å². The molecule has 0 saturated carbocycles. The Hall–Kier alpha value is -3.46. The maximum Gasteiger partial charge on any atom is 0.232 e. The van der Waals surface area contributed by atoms with Gasteiger partial charge in [0.15, 0.2) is 5.16 Å². The van der Waals surface area contributed by atoms with Gasteiger partial charge in [-0.2, -0.15) is 15.0 Å². The summed E-state index contributed by atoms with van der Waals surface area (Å²) in [6.45, 7) is 2.88. The lowest BCUT2D eigenvalue weighted by molar-refractivity contribution is 0.651. The Kier molecular flexibility index (Phi) is 6.19. The third-order valence-corrected chi connectivity index (χ3v) is 5.34. The number of aromatic nitrogens is 6. The predicted molar refractivity (Wildman–Crippen MR) is 118 cm³/mol. The molecule has 0 spiro atoms. The van der Waals surface area contributed by atoms with Crippen LogP contribution >= 0.6 is 11.8 Å². The topological polar surface area (TPSA) is 107 Å². The fourth-order valence-corrected chi connectivity index (χ4v) is 3.87. The number of nitrogens with zero attached hydrogens (tertiary/aromatic N) is 6. The van der Waals surface area contributed by atoms with Crippen molar-refractivity contribution >= 4 is 29.3 Å². The Balaban J connectivity index is 1.47. The van der Waals surface area contributed by atoms with Gasteiger partial charge in [0.25, 0.3) is 0 Å². The molecule has 4 rings (SSSR count). The minimum Gasteiger partial charge on any atom is -0.368 e. The van der Waals surface area contributed by atoms with Gasteiger partial charge in [0.1, 0.15) is 11.6 Å². The first-order valence-corrected chi connectivity index (χ1v) is 10.6. The first-order chi connectivity index (χ1) is 14.7. The first kappa shape index (κ1) is 19.8. The van der Waals surface area contributed by atoms with E-state index in [0.29, 0.717) is 17.5 Å². The Bertz CT molecular complexity index is 1100. The largest absolute Gasteiger partial charge is 0.368 e. The van der Waals surface area contributed by atoms with Gasteiger partial charge in [-0.3, -0.25) is 0 Å². The van der Waals surface area contributed by atoms with Gasteiger partial charge in [-0.25, -0.2) is 0 Å². The van der Waals surface area contributed by atoms with Gasteiger partial charge in [0.2, 0.25) is 11.9 Å². The molecular formula is C21H22N8S. The lowest BCUT2D eigenvalue weighted by Crippen LogP contribution is -2.07. The van der Waals surface area contributed by atoms with Gasteiger partial charge >= 0.3 is 0 Å². The van der Waals surface area contributed by atoms with Crippen molar-refractivity contribution in [1.82, 2.24) is 29.7 Å². The molecule has 0 aliphatic rings. The molecule has 8 nitrogen and oxygen atoms in total. The molecule has 9 heteroatoms. The van der Waals surface area contributed by atoms with E-state index in [-0.39, 0.29) is 5.95 Å². The number of nitrogens with two attached hydrogens (primary N) is 1. The molecule has 4 aromatic rings. The Morgan fingerprint density at radius 2 is 1.67 bits per heavy atom. The average Bonchev–Trinajstić information content (AvgIpc) is 3.14. The summed E-state index contributed by atoms with van der Waals surface area (Å²) >= 11 is 1.53. The molecule has 152 valence electrons. The van der Waals surface area contributed by atoms with Crippen LogP contribution in [0.3, 0.4) is 0 Å². The van der Waals surface area contributed by atoms with Gasteiger partial charge in [0, 0.05) is 18.7 Å². The Labute approximate surface area is 179 Å². The van der Waals surface area contributed by atoms with Gasteiger partial charge in [-0.15, -0.1) is 10.2 Å². The number of nitrogen functional groups attached to an aromatic ring is 1. The molecule has 0 aliphatic heterocycles. The molecule has 30 heavy (non-hydrogen) atoms. The second-order valence-electron chi connectivity index (χ2n) is 6.52. The minimum atomic E-state index is 0.181. The van der Waals surface area contributed by atoms with Crippen molar-refractivity contribution in [2.24, 2.45) is 0 Å². The first-order valence-electron chi connectivity index (χ1n) is 9.62. The van der Waals surface area contributed by atoms with Crippen molar-refractivity contribution in [2.45, 2.75) is 30.8 Å². The lowest BCUT2D eigenvalue weighted by Gasteiger charge is -2.08. The number of thioether (sulfide) groups is 1. The summed E-state index contributed by atoms with van der Waals surface area (Å²) in [5.41, 5.74) is 7.98. The normalized spacial score (nSPS) is 10.8. The highest BCUT2D eigenvalue weighted by atomic mass is 32.2. The molecule has 0 atom stereocenters. The Morgan fingerprint density at radius 1 is 0.933 bits per heavy atom. The molecule has 2 heterocycles. The maximum absolute atomic E-state index is 5.88. The third-order valence-electron chi connectivity index (χ3n) is 4.37. The van der Waals surface area contributed by atoms with E-state index in [9.17, 15) is 0 Å². The number of para-hydroxylation sites is 1. The van der Waals surface area contributed by atoms with Crippen molar-refractivity contribution < 1.29 is 0 Å². The zero-order valence-corrected chi connectivity index (χ0v) is 17.4. The summed E-state index contributed by atoms with van der Waals surface area (Å²) in [6.07, 6.45) is 0.742. The molecule has 0 unspecified atom stereocenters. The fourth-order valence-electron chi connectivity index (χ4n) is 2.99. The number of benzene rings is 2. The zero-order chi connectivity index (χ0) is 20.8. The molecule has 0 saturated heterocycles. The van der Waals surface area contributed by atoms with E-state index in [2.05, 4.69) is 54.1 Å². The molecule has 2 aromatic heterocycles. The highest BCUT2D eigenvalue weighted by Gasteiger charge is 2.13. The summed E-state index contributed by atoms with van der Waals surface area (Å²) in [4.78, 5) is 12.9. The highest BCUT2D eigenvalue weighted by Crippen LogP contribution is 2.23. The number of hydrogen-bond acceptors (Lipinski definition) is 8. The predicted octanol–water partition coefficient (Wildman–Crippen LogP) is 3.69. The highest BCUT2D eigenvalue weighted by molar-refractivity contribution is 7.98. The molecule has 0 amide bonds. The third kappa shape index (κ3) is 4.93. The van der Waals surface area contributed by atoms with Crippen LogP contribution in [0.4, 0.5) is 17.6 Å². The van der Waals surface area contributed by atoms with Crippen molar-refractivity contribution in [3.63, 3.8) is 0 Å². The van der Waals surface area contributed by atoms with E-state index < -0.39 is 0 Å². The fraction of sp³-hybridized carbons (Fsp3) is 0.190. The van der Waals surface area contributed by atoms with Gasteiger partial charge in [0.05, 0.1) is 5.75 Å². The monoisotopic (exact) mass is 418 g/mol. The van der Waals surface area contributed by atoms with Crippen molar-refractivity contribution in [2.75, 3.05) is 11.1 Å². The summed E-state index contributed by atoms with van der Waals surface area (Å²) in [7, 11) is 0. The van der Waals surface area contributed by atoms with Gasteiger partial charge in [-0.05, 0) is 24.6 Å². The molecule has 0 bridgehead atoms. The molecule has 0 aliphatic carbocycles. The van der Waals surface area contributed by atoms with Crippen LogP contribution < -0.4 is 11.1 Å². The average molecular weight is 419 g/mol. The number of anilines is 3. The second kappa shape index (κ2) is 9.36. The van der Waals surface area contributed by atoms with E-state index in [0.717, 1.165) is 29.6 Å². The van der Waals surface area contributed by atoms with E-state index in [1.807, 2.05) is 48.5 Å². The number of nitrogens with one attached hydrogen (secondary N) is 1. The number of rotatable bonds is 8. The van der Waals surface area contributed by atoms with E-state index in [1.54, 1.807) is 0 Å². The standard InChI is InChI=1S/C21H22N8S/c1-2-29-18(13-15-9-5-3-6-10-15)27-28-21(29)30-14-17-24-19(22)26-20(25-17)23-16-11-7-4-8-12-16/h3-12H,2,13-14H2,1H3,(H3,22,23,24,25,26).